The van der Waals surface area contributed by atoms with Crippen LogP contribution in [0.3, 0.4) is 0 Å². The number of hydrogen-bond acceptors (Lipinski definition) is 5. The summed E-state index contributed by atoms with van der Waals surface area (Å²) >= 11 is 1.62. The molecule has 1 fully saturated rings. The molecule has 5 rings (SSSR count). The summed E-state index contributed by atoms with van der Waals surface area (Å²) in [5, 5.41) is 8.23. The van der Waals surface area contributed by atoms with E-state index < -0.39 is 6.36 Å². The second-order valence-corrected chi connectivity index (χ2v) is 12.7. The molecule has 46 heavy (non-hydrogen) atoms. The number of amides is 2. The van der Waals surface area contributed by atoms with E-state index in [1.807, 2.05) is 31.2 Å². The number of carbonyl (C=O) groups excluding carboxylic acids is 1. The van der Waals surface area contributed by atoms with Gasteiger partial charge in [-0.1, -0.05) is 62.0 Å². The lowest BCUT2D eigenvalue weighted by Crippen LogP contribution is -2.38. The molecule has 1 aliphatic heterocycles. The number of halogens is 3. The number of alkyl halides is 3. The molecule has 1 aliphatic rings. The molecule has 2 heterocycles. The second kappa shape index (κ2) is 14.4. The lowest BCUT2D eigenvalue weighted by Gasteiger charge is -2.32. The van der Waals surface area contributed by atoms with Crippen LogP contribution in [-0.2, 0) is 6.42 Å². The molecule has 12 heteroatoms. The number of anilines is 1. The van der Waals surface area contributed by atoms with Crippen LogP contribution >= 0.6 is 11.8 Å². The third-order valence-corrected chi connectivity index (χ3v) is 8.62. The van der Waals surface area contributed by atoms with Crippen molar-refractivity contribution >= 4 is 28.6 Å². The number of nitrogens with zero attached hydrogens (tertiary/aromatic N) is 5. The molecule has 1 unspecified atom stereocenters. The molecule has 0 bridgehead atoms. The molecule has 2 amide bonds. The maximum absolute atomic E-state index is 13.0. The summed E-state index contributed by atoms with van der Waals surface area (Å²) in [7, 11) is 0. The van der Waals surface area contributed by atoms with Gasteiger partial charge in [0.25, 0.3) is 0 Å². The third-order valence-electron chi connectivity index (χ3n) is 7.56. The minimum absolute atomic E-state index is 0.0750. The molecule has 3 aromatic carbocycles. The van der Waals surface area contributed by atoms with Gasteiger partial charge < -0.3 is 15.0 Å². The lowest BCUT2D eigenvalue weighted by molar-refractivity contribution is -0.274. The largest absolute Gasteiger partial charge is 0.573 e. The van der Waals surface area contributed by atoms with Crippen molar-refractivity contribution in [3.05, 3.63) is 89.7 Å². The highest BCUT2D eigenvalue weighted by Crippen LogP contribution is 2.33. The summed E-state index contributed by atoms with van der Waals surface area (Å²) in [4.78, 5) is 24.0. The Balaban J connectivity index is 1.16. The zero-order chi connectivity index (χ0) is 32.8. The van der Waals surface area contributed by atoms with Gasteiger partial charge in [-0.3, -0.25) is 0 Å². The number of rotatable bonds is 9. The van der Waals surface area contributed by atoms with Crippen LogP contribution in [0.1, 0.15) is 56.2 Å². The number of amidine groups is 1. The lowest BCUT2D eigenvalue weighted by atomic mass is 9.98. The third kappa shape index (κ3) is 8.68. The van der Waals surface area contributed by atoms with Crippen LogP contribution in [0.2, 0.25) is 0 Å². The van der Waals surface area contributed by atoms with Crippen LogP contribution in [0.5, 0.6) is 5.75 Å². The SMILES string of the molecule is Cc1ccc(C(C)C)c(N2CCCSC2=NC(=O)NC(C)CCc2ccc(-c3ncn(-c4ccc(OC(F)(F)F)cc4)n3)cc2)c1. The molecule has 4 aromatic rings. The summed E-state index contributed by atoms with van der Waals surface area (Å²) < 4.78 is 42.7. The summed E-state index contributed by atoms with van der Waals surface area (Å²) in [6.45, 7) is 9.26. The quantitative estimate of drug-likeness (QED) is 0.196. The predicted octanol–water partition coefficient (Wildman–Crippen LogP) is 8.29. The monoisotopic (exact) mass is 650 g/mol. The van der Waals surface area contributed by atoms with Crippen molar-refractivity contribution in [1.82, 2.24) is 20.1 Å². The number of carbonyl (C=O) groups is 1. The fourth-order valence-corrected chi connectivity index (χ4v) is 6.13. The molecular weight excluding hydrogens is 613 g/mol. The Morgan fingerprint density at radius 3 is 2.50 bits per heavy atom. The van der Waals surface area contributed by atoms with Crippen molar-refractivity contribution in [2.24, 2.45) is 4.99 Å². The van der Waals surface area contributed by atoms with Crippen molar-refractivity contribution in [1.29, 1.82) is 0 Å². The molecule has 8 nitrogen and oxygen atoms in total. The Labute approximate surface area is 271 Å². The molecule has 0 aliphatic carbocycles. The Morgan fingerprint density at radius 2 is 1.80 bits per heavy atom. The van der Waals surface area contributed by atoms with Crippen LogP contribution in [0.15, 0.2) is 78.0 Å². The first-order valence-electron chi connectivity index (χ1n) is 15.2. The van der Waals surface area contributed by atoms with Gasteiger partial charge in [0.2, 0.25) is 0 Å². The Morgan fingerprint density at radius 1 is 1.07 bits per heavy atom. The second-order valence-electron chi connectivity index (χ2n) is 11.6. The van der Waals surface area contributed by atoms with E-state index in [2.05, 4.69) is 69.0 Å². The molecule has 0 saturated carbocycles. The topological polar surface area (TPSA) is 84.6 Å². The smallest absolute Gasteiger partial charge is 0.406 e. The van der Waals surface area contributed by atoms with Gasteiger partial charge in [-0.2, -0.15) is 4.99 Å². The normalized spacial score (nSPS) is 15.3. The van der Waals surface area contributed by atoms with E-state index >= 15 is 0 Å². The number of urea groups is 1. The average molecular weight is 651 g/mol. The van der Waals surface area contributed by atoms with E-state index in [4.69, 9.17) is 0 Å². The van der Waals surface area contributed by atoms with E-state index in [-0.39, 0.29) is 17.8 Å². The van der Waals surface area contributed by atoms with Crippen molar-refractivity contribution in [3.8, 4) is 22.8 Å². The number of benzene rings is 3. The molecule has 1 atom stereocenters. The molecule has 1 aromatic heterocycles. The summed E-state index contributed by atoms with van der Waals surface area (Å²) in [5.74, 6) is 1.47. The highest BCUT2D eigenvalue weighted by atomic mass is 32.2. The van der Waals surface area contributed by atoms with Crippen molar-refractivity contribution in [2.75, 3.05) is 17.2 Å². The van der Waals surface area contributed by atoms with E-state index in [0.717, 1.165) is 53.5 Å². The van der Waals surface area contributed by atoms with E-state index in [9.17, 15) is 18.0 Å². The average Bonchev–Trinajstić information content (AvgIpc) is 3.50. The predicted molar refractivity (Wildman–Crippen MR) is 177 cm³/mol. The number of hydrogen-bond donors (Lipinski definition) is 1. The minimum Gasteiger partial charge on any atom is -0.406 e. The van der Waals surface area contributed by atoms with Gasteiger partial charge in [-0.25, -0.2) is 14.5 Å². The highest BCUT2D eigenvalue weighted by Gasteiger charge is 2.31. The van der Waals surface area contributed by atoms with Gasteiger partial charge in [-0.05, 0) is 86.1 Å². The standard InChI is InChI=1S/C34H37F3N6O2S/c1-22(2)29-17-6-23(3)20-30(29)42-18-5-19-46-33(42)40-32(44)39-24(4)7-8-25-9-11-26(12-10-25)31-38-21-43(41-31)27-13-15-28(16-14-27)45-34(35,36)37/h6,9-17,20-22,24H,5,7-8,18-19H2,1-4H3,(H,39,44). The Bertz CT molecular complexity index is 1670. The number of aliphatic imine (C=N–C) groups is 1. The molecule has 1 N–H and O–H groups in total. The molecule has 0 spiro atoms. The minimum atomic E-state index is -4.74. The molecular formula is C34H37F3N6O2S. The van der Waals surface area contributed by atoms with Gasteiger partial charge in [0.05, 0.1) is 5.69 Å². The maximum Gasteiger partial charge on any atom is 0.573 e. The first-order valence-corrected chi connectivity index (χ1v) is 16.2. The summed E-state index contributed by atoms with van der Waals surface area (Å²) in [6.07, 6.45) is -0.712. The number of aryl methyl sites for hydroxylation is 2. The summed E-state index contributed by atoms with van der Waals surface area (Å²) in [5.41, 5.74) is 6.01. The zero-order valence-corrected chi connectivity index (χ0v) is 27.0. The van der Waals surface area contributed by atoms with Crippen molar-refractivity contribution in [2.45, 2.75) is 65.3 Å². The highest BCUT2D eigenvalue weighted by molar-refractivity contribution is 8.14. The number of ether oxygens (including phenoxy) is 1. The molecule has 242 valence electrons. The van der Waals surface area contributed by atoms with Gasteiger partial charge in [0.15, 0.2) is 11.0 Å². The first-order chi connectivity index (χ1) is 21.9. The van der Waals surface area contributed by atoms with Crippen LogP contribution in [0.25, 0.3) is 17.1 Å². The van der Waals surface area contributed by atoms with Gasteiger partial charge in [0.1, 0.15) is 12.1 Å². The van der Waals surface area contributed by atoms with Gasteiger partial charge in [-0.15, -0.1) is 18.3 Å². The van der Waals surface area contributed by atoms with Gasteiger partial charge >= 0.3 is 12.4 Å². The summed E-state index contributed by atoms with van der Waals surface area (Å²) in [6, 6.07) is 19.3. The van der Waals surface area contributed by atoms with Crippen LogP contribution in [-0.4, -0.2) is 50.7 Å². The van der Waals surface area contributed by atoms with Crippen LogP contribution < -0.4 is 15.0 Å². The van der Waals surface area contributed by atoms with E-state index in [1.165, 1.54) is 46.4 Å². The van der Waals surface area contributed by atoms with E-state index in [1.54, 1.807) is 11.8 Å². The van der Waals surface area contributed by atoms with Crippen molar-refractivity contribution < 1.29 is 22.7 Å². The van der Waals surface area contributed by atoms with Gasteiger partial charge in [0, 0.05) is 29.6 Å². The van der Waals surface area contributed by atoms with Crippen LogP contribution in [0.4, 0.5) is 23.7 Å². The zero-order valence-electron chi connectivity index (χ0n) is 26.2. The Hall–Kier alpha value is -4.32. The number of aromatic nitrogens is 3. The fourth-order valence-electron chi connectivity index (χ4n) is 5.18. The number of thioether (sulfide) groups is 1. The first kappa shape index (κ1) is 33.1. The van der Waals surface area contributed by atoms with Crippen molar-refractivity contribution in [3.63, 3.8) is 0 Å². The number of nitrogens with one attached hydrogen (secondary N) is 1. The van der Waals surface area contributed by atoms with Crippen LogP contribution in [0, 0.1) is 6.92 Å². The Kier molecular flexibility index (Phi) is 10.4. The molecule has 1 saturated heterocycles. The van der Waals surface area contributed by atoms with E-state index in [0.29, 0.717) is 17.4 Å². The fraction of sp³-hybridized carbons (Fsp3) is 0.353. The maximum atomic E-state index is 13.0. The molecule has 0 radical (unpaired) electrons.